The Morgan fingerprint density at radius 2 is 1.63 bits per heavy atom. The van der Waals surface area contributed by atoms with Gasteiger partial charge in [-0.25, -0.2) is 0 Å². The van der Waals surface area contributed by atoms with Crippen molar-refractivity contribution in [2.75, 3.05) is 12.3 Å². The average Bonchev–Trinajstić information content (AvgIpc) is 2.62. The fourth-order valence-electron chi connectivity index (χ4n) is 4.44. The molecule has 19 heavy (non-hydrogen) atoms. The summed E-state index contributed by atoms with van der Waals surface area (Å²) >= 11 is 4.69. The molecule has 0 radical (unpaired) electrons. The van der Waals surface area contributed by atoms with Crippen molar-refractivity contribution in [3.63, 3.8) is 0 Å². The van der Waals surface area contributed by atoms with Gasteiger partial charge in [-0.05, 0) is 49.7 Å². The van der Waals surface area contributed by atoms with Crippen LogP contribution >= 0.6 is 12.6 Å². The van der Waals surface area contributed by atoms with Gasteiger partial charge in [-0.3, -0.25) is 4.90 Å². The summed E-state index contributed by atoms with van der Waals surface area (Å²) in [5, 5.41) is 9.93. The molecule has 2 fully saturated rings. The number of thiol groups is 1. The Bertz CT molecular complexity index is 264. The van der Waals surface area contributed by atoms with Crippen molar-refractivity contribution in [3.8, 4) is 0 Å². The molecule has 0 aromatic heterocycles. The second-order valence-corrected chi connectivity index (χ2v) is 7.16. The van der Waals surface area contributed by atoms with E-state index in [2.05, 4.69) is 18.7 Å². The predicted molar refractivity (Wildman–Crippen MR) is 84.9 cm³/mol. The van der Waals surface area contributed by atoms with Crippen LogP contribution in [0.5, 0.6) is 0 Å². The van der Waals surface area contributed by atoms with Gasteiger partial charge in [0.2, 0.25) is 0 Å². The fraction of sp³-hybridized carbons (Fsp3) is 1.00. The largest absolute Gasteiger partial charge is 0.393 e. The van der Waals surface area contributed by atoms with Crippen molar-refractivity contribution in [1.82, 2.24) is 4.90 Å². The van der Waals surface area contributed by atoms with Gasteiger partial charge in [-0.2, -0.15) is 12.6 Å². The zero-order valence-corrected chi connectivity index (χ0v) is 13.5. The van der Waals surface area contributed by atoms with Crippen LogP contribution in [0.25, 0.3) is 0 Å². The topological polar surface area (TPSA) is 23.5 Å². The van der Waals surface area contributed by atoms with Crippen LogP contribution in [0.2, 0.25) is 0 Å². The Morgan fingerprint density at radius 3 is 2.05 bits per heavy atom. The van der Waals surface area contributed by atoms with Crippen LogP contribution in [-0.2, 0) is 0 Å². The second kappa shape index (κ2) is 6.82. The molecule has 2 rings (SSSR count). The highest BCUT2D eigenvalue weighted by molar-refractivity contribution is 7.80. The van der Waals surface area contributed by atoms with Crippen LogP contribution in [0.15, 0.2) is 0 Å². The molecule has 0 aromatic rings. The summed E-state index contributed by atoms with van der Waals surface area (Å²) < 4.78 is 0. The lowest BCUT2D eigenvalue weighted by atomic mass is 9.79. The molecule has 3 heteroatoms. The van der Waals surface area contributed by atoms with Gasteiger partial charge in [0, 0.05) is 18.6 Å². The van der Waals surface area contributed by atoms with Crippen molar-refractivity contribution < 1.29 is 5.11 Å². The third-order valence-corrected chi connectivity index (χ3v) is 5.94. The number of hydrogen-bond donors (Lipinski definition) is 2. The lowest BCUT2D eigenvalue weighted by Crippen LogP contribution is -2.50. The lowest BCUT2D eigenvalue weighted by Gasteiger charge is -2.44. The summed E-state index contributed by atoms with van der Waals surface area (Å²) in [5.74, 6) is 1.01. The zero-order valence-electron chi connectivity index (χ0n) is 12.6. The number of aliphatic hydroxyl groups excluding tert-OH is 1. The molecule has 0 aromatic carbocycles. The summed E-state index contributed by atoms with van der Waals surface area (Å²) in [6, 6.07) is 1.28. The molecule has 2 unspecified atom stereocenters. The summed E-state index contributed by atoms with van der Waals surface area (Å²) in [6.45, 7) is 5.80. The Hall–Kier alpha value is 0.270. The minimum atomic E-state index is -0.0449. The van der Waals surface area contributed by atoms with E-state index >= 15 is 0 Å². The van der Waals surface area contributed by atoms with E-state index < -0.39 is 0 Å². The smallest absolute Gasteiger partial charge is 0.0570 e. The second-order valence-electron chi connectivity index (χ2n) is 6.84. The van der Waals surface area contributed by atoms with Crippen molar-refractivity contribution in [3.05, 3.63) is 0 Å². The number of rotatable bonds is 7. The zero-order chi connectivity index (χ0) is 13.9. The number of aliphatic hydroxyl groups is 1. The highest BCUT2D eigenvalue weighted by Gasteiger charge is 2.43. The van der Waals surface area contributed by atoms with Crippen LogP contribution in [-0.4, -0.2) is 40.5 Å². The van der Waals surface area contributed by atoms with Crippen molar-refractivity contribution in [2.45, 2.75) is 83.4 Å². The molecule has 2 heterocycles. The molecule has 2 nitrogen and oxygen atoms in total. The quantitative estimate of drug-likeness (QED) is 0.700. The van der Waals surface area contributed by atoms with Crippen LogP contribution in [0, 0.1) is 5.41 Å². The molecule has 2 aliphatic rings. The minimum Gasteiger partial charge on any atom is -0.393 e. The average molecular weight is 285 g/mol. The van der Waals surface area contributed by atoms with Crippen molar-refractivity contribution in [1.29, 1.82) is 0 Å². The minimum absolute atomic E-state index is 0.0449. The molecule has 0 aliphatic carbocycles. The first kappa shape index (κ1) is 15.7. The highest BCUT2D eigenvalue weighted by Crippen LogP contribution is 2.41. The van der Waals surface area contributed by atoms with E-state index in [1.165, 1.54) is 45.1 Å². The SMILES string of the molecule is CCCC(CS)(CCC)CN1C2CCC1CC(O)C2. The Balaban J connectivity index is 2.04. The van der Waals surface area contributed by atoms with E-state index in [0.717, 1.165) is 18.6 Å². The Labute approximate surface area is 124 Å². The maximum atomic E-state index is 9.93. The van der Waals surface area contributed by atoms with E-state index in [1.54, 1.807) is 0 Å². The molecule has 2 bridgehead atoms. The Morgan fingerprint density at radius 1 is 1.11 bits per heavy atom. The summed E-state index contributed by atoms with van der Waals surface area (Å²) in [4.78, 5) is 2.73. The maximum absolute atomic E-state index is 9.93. The van der Waals surface area contributed by atoms with E-state index in [-0.39, 0.29) is 6.10 Å². The van der Waals surface area contributed by atoms with E-state index in [0.29, 0.717) is 17.5 Å². The monoisotopic (exact) mass is 285 g/mol. The van der Waals surface area contributed by atoms with Gasteiger partial charge in [0.15, 0.2) is 0 Å². The maximum Gasteiger partial charge on any atom is 0.0570 e. The summed E-state index contributed by atoms with van der Waals surface area (Å²) in [5.41, 5.74) is 0.399. The standard InChI is InChI=1S/C16H31NOS/c1-3-7-16(12-19,8-4-2)11-17-13-5-6-14(17)10-15(18)9-13/h13-15,18-19H,3-12H2,1-2H3. The summed E-state index contributed by atoms with van der Waals surface area (Å²) in [7, 11) is 0. The molecule has 1 N–H and O–H groups in total. The number of piperidine rings is 1. The third kappa shape index (κ3) is 3.48. The van der Waals surface area contributed by atoms with Gasteiger partial charge in [0.25, 0.3) is 0 Å². The van der Waals surface area contributed by atoms with Crippen LogP contribution < -0.4 is 0 Å². The molecule has 2 atom stereocenters. The predicted octanol–water partition coefficient (Wildman–Crippen LogP) is 3.49. The molecule has 112 valence electrons. The summed E-state index contributed by atoms with van der Waals surface area (Å²) in [6.07, 6.45) is 9.64. The number of hydrogen-bond acceptors (Lipinski definition) is 3. The molecule has 0 saturated carbocycles. The molecule has 0 spiro atoms. The molecular formula is C16H31NOS. The fourth-order valence-corrected chi connectivity index (χ4v) is 4.86. The first-order valence-electron chi connectivity index (χ1n) is 8.18. The van der Waals surface area contributed by atoms with Gasteiger partial charge in [-0.1, -0.05) is 26.7 Å². The molecule has 0 amide bonds. The van der Waals surface area contributed by atoms with Crippen molar-refractivity contribution in [2.24, 2.45) is 5.41 Å². The van der Waals surface area contributed by atoms with E-state index in [9.17, 15) is 5.11 Å². The Kier molecular flexibility index (Phi) is 5.62. The van der Waals surface area contributed by atoms with Crippen LogP contribution in [0.1, 0.15) is 65.2 Å². The van der Waals surface area contributed by atoms with Crippen molar-refractivity contribution >= 4 is 12.6 Å². The molecule has 2 saturated heterocycles. The van der Waals surface area contributed by atoms with E-state index in [4.69, 9.17) is 12.6 Å². The molecule has 2 aliphatic heterocycles. The first-order chi connectivity index (χ1) is 9.14. The number of nitrogens with zero attached hydrogens (tertiary/aromatic N) is 1. The lowest BCUT2D eigenvalue weighted by molar-refractivity contribution is 0.00991. The third-order valence-electron chi connectivity index (χ3n) is 5.27. The normalized spacial score (nSPS) is 31.9. The molecular weight excluding hydrogens is 254 g/mol. The van der Waals surface area contributed by atoms with E-state index in [1.807, 2.05) is 0 Å². The van der Waals surface area contributed by atoms with Gasteiger partial charge in [0.05, 0.1) is 6.10 Å². The van der Waals surface area contributed by atoms with Crippen LogP contribution in [0.4, 0.5) is 0 Å². The first-order valence-corrected chi connectivity index (χ1v) is 8.82. The van der Waals surface area contributed by atoms with Gasteiger partial charge in [0.1, 0.15) is 0 Å². The van der Waals surface area contributed by atoms with Gasteiger partial charge >= 0.3 is 0 Å². The number of fused-ring (bicyclic) bond motifs is 2. The van der Waals surface area contributed by atoms with Gasteiger partial charge in [-0.15, -0.1) is 0 Å². The highest BCUT2D eigenvalue weighted by atomic mass is 32.1. The van der Waals surface area contributed by atoms with Crippen LogP contribution in [0.3, 0.4) is 0 Å². The van der Waals surface area contributed by atoms with Gasteiger partial charge < -0.3 is 5.11 Å².